The summed E-state index contributed by atoms with van der Waals surface area (Å²) < 4.78 is 27.4. The number of carbonyl (C=O) groups excluding carboxylic acids is 1. The van der Waals surface area contributed by atoms with Crippen molar-refractivity contribution in [1.29, 1.82) is 0 Å². The normalized spacial score (nSPS) is 13.2. The Kier molecular flexibility index (Phi) is 4.83. The lowest BCUT2D eigenvalue weighted by atomic mass is 10.1. The second kappa shape index (κ2) is 7.30. The first-order valence-corrected chi connectivity index (χ1v) is 10.6. The minimum Gasteiger partial charge on any atom is -0.308 e. The molecule has 142 valence electrons. The van der Waals surface area contributed by atoms with E-state index in [1.807, 2.05) is 24.3 Å². The summed E-state index contributed by atoms with van der Waals surface area (Å²) in [6.45, 7) is 0.642. The maximum absolute atomic E-state index is 12.8. The second-order valence-electron chi connectivity index (χ2n) is 6.47. The number of carbonyl (C=O) groups is 1. The lowest BCUT2D eigenvalue weighted by Gasteiger charge is -2.17. The number of anilines is 2. The number of nitrogens with one attached hydrogen (secondary N) is 1. The first-order valence-electron chi connectivity index (χ1n) is 8.72. The van der Waals surface area contributed by atoms with E-state index in [2.05, 4.69) is 4.72 Å². The summed E-state index contributed by atoms with van der Waals surface area (Å²) in [4.78, 5) is 14.7. The van der Waals surface area contributed by atoms with Gasteiger partial charge in [-0.05, 0) is 66.6 Å². The van der Waals surface area contributed by atoms with Crippen molar-refractivity contribution in [3.8, 4) is 0 Å². The highest BCUT2D eigenvalue weighted by Crippen LogP contribution is 2.29. The molecule has 0 radical (unpaired) electrons. The molecule has 0 saturated heterocycles. The minimum absolute atomic E-state index is 0.0999. The molecular formula is C21H17ClN2O3S. The van der Waals surface area contributed by atoms with Gasteiger partial charge in [0.05, 0.1) is 4.90 Å². The van der Waals surface area contributed by atoms with Crippen LogP contribution in [-0.2, 0) is 16.4 Å². The predicted octanol–water partition coefficient (Wildman–Crippen LogP) is 4.34. The third-order valence-corrected chi connectivity index (χ3v) is 6.29. The smallest absolute Gasteiger partial charge is 0.261 e. The molecule has 0 saturated carbocycles. The minimum atomic E-state index is -3.72. The lowest BCUT2D eigenvalue weighted by molar-refractivity contribution is 0.0989. The van der Waals surface area contributed by atoms with Crippen molar-refractivity contribution >= 4 is 38.9 Å². The third kappa shape index (κ3) is 3.61. The van der Waals surface area contributed by atoms with Crippen LogP contribution < -0.4 is 9.62 Å². The molecule has 1 aliphatic rings. The standard InChI is InChI=1S/C21H17ClN2O3S/c22-17-7-11-19(12-8-17)28(26,27)23-18-9-5-16(6-10-18)21(25)24-14-13-15-3-1-2-4-20(15)24/h1-12,23H,13-14H2. The summed E-state index contributed by atoms with van der Waals surface area (Å²) in [5.74, 6) is -0.0999. The maximum Gasteiger partial charge on any atom is 0.261 e. The molecule has 3 aromatic rings. The van der Waals surface area contributed by atoms with Crippen LogP contribution in [0.25, 0.3) is 0 Å². The van der Waals surface area contributed by atoms with Gasteiger partial charge in [0.25, 0.3) is 15.9 Å². The molecule has 5 nitrogen and oxygen atoms in total. The molecule has 3 aromatic carbocycles. The molecule has 0 spiro atoms. The van der Waals surface area contributed by atoms with Crippen molar-refractivity contribution in [3.05, 3.63) is 88.9 Å². The van der Waals surface area contributed by atoms with Crippen LogP contribution in [0.1, 0.15) is 15.9 Å². The van der Waals surface area contributed by atoms with Gasteiger partial charge in [-0.15, -0.1) is 0 Å². The Morgan fingerprint density at radius 2 is 1.61 bits per heavy atom. The first kappa shape index (κ1) is 18.5. The van der Waals surface area contributed by atoms with Crippen molar-refractivity contribution in [2.24, 2.45) is 0 Å². The Bertz CT molecular complexity index is 1130. The number of sulfonamides is 1. The van der Waals surface area contributed by atoms with E-state index in [0.717, 1.165) is 17.7 Å². The van der Waals surface area contributed by atoms with Gasteiger partial charge in [-0.2, -0.15) is 0 Å². The second-order valence-corrected chi connectivity index (χ2v) is 8.59. The number of hydrogen-bond donors (Lipinski definition) is 1. The van der Waals surface area contributed by atoms with Crippen LogP contribution in [-0.4, -0.2) is 20.9 Å². The lowest BCUT2D eigenvalue weighted by Crippen LogP contribution is -2.28. The van der Waals surface area contributed by atoms with Crippen LogP contribution in [0, 0.1) is 0 Å². The Labute approximate surface area is 168 Å². The Balaban J connectivity index is 1.51. The molecule has 4 rings (SSSR count). The number of halogens is 1. The van der Waals surface area contributed by atoms with Crippen LogP contribution in [0.15, 0.2) is 77.7 Å². The molecule has 0 bridgehead atoms. The average molecular weight is 413 g/mol. The fourth-order valence-corrected chi connectivity index (χ4v) is 4.40. The SMILES string of the molecule is O=C(c1ccc(NS(=O)(=O)c2ccc(Cl)cc2)cc1)N1CCc2ccccc21. The molecule has 1 amide bonds. The van der Waals surface area contributed by atoms with E-state index in [0.29, 0.717) is 22.8 Å². The van der Waals surface area contributed by atoms with Gasteiger partial charge in [0, 0.05) is 28.5 Å². The summed E-state index contributed by atoms with van der Waals surface area (Å²) in [6, 6.07) is 20.2. The van der Waals surface area contributed by atoms with Gasteiger partial charge in [-0.1, -0.05) is 29.8 Å². The van der Waals surface area contributed by atoms with Crippen molar-refractivity contribution in [1.82, 2.24) is 0 Å². The zero-order chi connectivity index (χ0) is 19.7. The summed E-state index contributed by atoms with van der Waals surface area (Å²) in [6.07, 6.45) is 0.834. The number of hydrogen-bond acceptors (Lipinski definition) is 3. The van der Waals surface area contributed by atoms with Gasteiger partial charge < -0.3 is 4.90 Å². The highest BCUT2D eigenvalue weighted by Gasteiger charge is 2.25. The van der Waals surface area contributed by atoms with Crippen LogP contribution in [0.5, 0.6) is 0 Å². The monoisotopic (exact) mass is 412 g/mol. The topological polar surface area (TPSA) is 66.5 Å². The van der Waals surface area contributed by atoms with Gasteiger partial charge in [-0.25, -0.2) is 8.42 Å². The quantitative estimate of drug-likeness (QED) is 0.693. The summed E-state index contributed by atoms with van der Waals surface area (Å²) in [7, 11) is -3.72. The first-order chi connectivity index (χ1) is 13.4. The fourth-order valence-electron chi connectivity index (χ4n) is 3.21. The fraction of sp³-hybridized carbons (Fsp3) is 0.0952. The summed E-state index contributed by atoms with van der Waals surface area (Å²) in [5, 5.41) is 0.463. The highest BCUT2D eigenvalue weighted by atomic mass is 35.5. The van der Waals surface area contributed by atoms with E-state index in [1.165, 1.54) is 24.3 Å². The Morgan fingerprint density at radius 1 is 0.929 bits per heavy atom. The predicted molar refractivity (Wildman–Crippen MR) is 111 cm³/mol. The molecule has 0 aliphatic carbocycles. The van der Waals surface area contributed by atoms with Gasteiger partial charge in [0.15, 0.2) is 0 Å². The van der Waals surface area contributed by atoms with Gasteiger partial charge in [0.2, 0.25) is 0 Å². The van der Waals surface area contributed by atoms with E-state index < -0.39 is 10.0 Å². The molecule has 0 unspecified atom stereocenters. The van der Waals surface area contributed by atoms with Gasteiger partial charge in [0.1, 0.15) is 0 Å². The largest absolute Gasteiger partial charge is 0.308 e. The third-order valence-electron chi connectivity index (χ3n) is 4.64. The molecule has 1 aliphatic heterocycles. The molecule has 0 aromatic heterocycles. The van der Waals surface area contributed by atoms with Crippen LogP contribution in [0.3, 0.4) is 0 Å². The summed E-state index contributed by atoms with van der Waals surface area (Å²) >= 11 is 5.80. The molecule has 1 N–H and O–H groups in total. The Hall–Kier alpha value is -2.83. The molecule has 7 heteroatoms. The molecule has 0 fully saturated rings. The Morgan fingerprint density at radius 3 is 2.32 bits per heavy atom. The van der Waals surface area contributed by atoms with Crippen LogP contribution in [0.2, 0.25) is 5.02 Å². The van der Waals surface area contributed by atoms with E-state index >= 15 is 0 Å². The van der Waals surface area contributed by atoms with Crippen molar-refractivity contribution in [3.63, 3.8) is 0 Å². The van der Waals surface area contributed by atoms with Crippen molar-refractivity contribution in [2.75, 3.05) is 16.2 Å². The van der Waals surface area contributed by atoms with Crippen molar-refractivity contribution < 1.29 is 13.2 Å². The number of benzene rings is 3. The van der Waals surface area contributed by atoms with E-state index in [9.17, 15) is 13.2 Å². The van der Waals surface area contributed by atoms with E-state index in [1.54, 1.807) is 29.2 Å². The number of para-hydroxylation sites is 1. The number of amides is 1. The zero-order valence-electron chi connectivity index (χ0n) is 14.8. The average Bonchev–Trinajstić information content (AvgIpc) is 3.12. The van der Waals surface area contributed by atoms with E-state index in [4.69, 9.17) is 11.6 Å². The van der Waals surface area contributed by atoms with Crippen molar-refractivity contribution in [2.45, 2.75) is 11.3 Å². The molecular weight excluding hydrogens is 396 g/mol. The summed E-state index contributed by atoms with van der Waals surface area (Å²) in [5.41, 5.74) is 2.97. The van der Waals surface area contributed by atoms with Gasteiger partial charge in [-0.3, -0.25) is 9.52 Å². The molecule has 0 atom stereocenters. The maximum atomic E-state index is 12.8. The zero-order valence-corrected chi connectivity index (χ0v) is 16.4. The van der Waals surface area contributed by atoms with Gasteiger partial charge >= 0.3 is 0 Å². The highest BCUT2D eigenvalue weighted by molar-refractivity contribution is 7.92. The van der Waals surface area contributed by atoms with E-state index in [-0.39, 0.29) is 10.8 Å². The number of nitrogens with zero attached hydrogens (tertiary/aromatic N) is 1. The number of rotatable bonds is 4. The molecule has 1 heterocycles. The molecule has 28 heavy (non-hydrogen) atoms. The van der Waals surface area contributed by atoms with Crippen LogP contribution >= 0.6 is 11.6 Å². The number of fused-ring (bicyclic) bond motifs is 1. The van der Waals surface area contributed by atoms with Crippen LogP contribution in [0.4, 0.5) is 11.4 Å².